The molecule has 11 rings (SSSR count). The summed E-state index contributed by atoms with van der Waals surface area (Å²) in [4.78, 5) is 2.39. The topological polar surface area (TPSA) is 3.24 Å². The van der Waals surface area contributed by atoms with Crippen molar-refractivity contribution in [2.45, 2.75) is 18.8 Å². The van der Waals surface area contributed by atoms with Crippen LogP contribution in [-0.4, -0.2) is 0 Å². The number of para-hydroxylation sites is 1. The zero-order valence-electron chi connectivity index (χ0n) is 29.0. The number of hydrogen-bond donors (Lipinski definition) is 0. The maximum atomic E-state index is 2.53. The Balaban J connectivity index is 1.25. The van der Waals surface area contributed by atoms with Gasteiger partial charge in [0.25, 0.3) is 0 Å². The molecule has 1 heteroatoms. The van der Waals surface area contributed by atoms with Gasteiger partial charge in [0.15, 0.2) is 0 Å². The van der Waals surface area contributed by atoms with Crippen molar-refractivity contribution in [3.05, 3.63) is 210 Å². The van der Waals surface area contributed by atoms with Gasteiger partial charge in [0.2, 0.25) is 0 Å². The lowest BCUT2D eigenvalue weighted by Crippen LogP contribution is -2.26. The molecule has 244 valence electrons. The van der Waals surface area contributed by atoms with Gasteiger partial charge < -0.3 is 4.90 Å². The van der Waals surface area contributed by atoms with E-state index >= 15 is 0 Å². The van der Waals surface area contributed by atoms with Gasteiger partial charge in [0.05, 0.1) is 5.41 Å². The maximum Gasteiger partial charge on any atom is 0.0731 e. The van der Waals surface area contributed by atoms with Crippen molar-refractivity contribution < 1.29 is 0 Å². The minimum Gasteiger partial charge on any atom is -0.310 e. The van der Waals surface area contributed by atoms with E-state index in [0.717, 1.165) is 23.5 Å². The molecule has 2 aliphatic rings. The minimum absolute atomic E-state index is 0.458. The van der Waals surface area contributed by atoms with Gasteiger partial charge in [0.1, 0.15) is 0 Å². The molecule has 0 saturated carbocycles. The Kier molecular flexibility index (Phi) is 6.22. The highest BCUT2D eigenvalue weighted by atomic mass is 15.1. The molecule has 0 radical (unpaired) electrons. The lowest BCUT2D eigenvalue weighted by Gasteiger charge is -2.32. The molecule has 0 unspecified atom stereocenters. The highest BCUT2D eigenvalue weighted by molar-refractivity contribution is 6.20. The third kappa shape index (κ3) is 3.88. The number of aryl methyl sites for hydroxylation is 1. The van der Waals surface area contributed by atoms with Crippen LogP contribution in [-0.2, 0) is 11.8 Å². The second-order valence-electron chi connectivity index (χ2n) is 14.3. The van der Waals surface area contributed by atoms with Crippen LogP contribution in [0.1, 0.15) is 34.7 Å². The van der Waals surface area contributed by atoms with Crippen molar-refractivity contribution in [3.8, 4) is 22.3 Å². The zero-order valence-corrected chi connectivity index (χ0v) is 29.0. The van der Waals surface area contributed by atoms with Gasteiger partial charge in [-0.1, -0.05) is 140 Å². The normalized spacial score (nSPS) is 13.3. The number of rotatable bonds is 4. The van der Waals surface area contributed by atoms with Crippen LogP contribution in [0.2, 0.25) is 0 Å². The van der Waals surface area contributed by atoms with E-state index in [4.69, 9.17) is 0 Å². The first-order chi connectivity index (χ1) is 25.8. The molecule has 0 N–H and O–H groups in total. The number of hydrogen-bond acceptors (Lipinski definition) is 1. The van der Waals surface area contributed by atoms with Crippen molar-refractivity contribution >= 4 is 49.4 Å². The summed E-state index contributed by atoms with van der Waals surface area (Å²) in [5.74, 6) is 0. The molecule has 0 aliphatic heterocycles. The number of benzene rings is 9. The van der Waals surface area contributed by atoms with E-state index in [1.54, 1.807) is 0 Å². The first-order valence-electron chi connectivity index (χ1n) is 18.4. The Hall–Kier alpha value is -6.44. The largest absolute Gasteiger partial charge is 0.310 e. The van der Waals surface area contributed by atoms with E-state index in [1.165, 1.54) is 82.4 Å². The van der Waals surface area contributed by atoms with Crippen LogP contribution in [0.5, 0.6) is 0 Å². The molecule has 1 spiro atoms. The first kappa shape index (κ1) is 29.3. The molecule has 0 bridgehead atoms. The Labute approximate surface area is 304 Å². The Morgan fingerprint density at radius 3 is 1.65 bits per heavy atom. The van der Waals surface area contributed by atoms with Crippen molar-refractivity contribution in [1.82, 2.24) is 0 Å². The van der Waals surface area contributed by atoms with Gasteiger partial charge >= 0.3 is 0 Å². The fraction of sp³-hybridized carbons (Fsp3) is 0.0588. The summed E-state index contributed by atoms with van der Waals surface area (Å²) in [6.45, 7) is 2.21. The zero-order chi connectivity index (χ0) is 34.4. The summed E-state index contributed by atoms with van der Waals surface area (Å²) in [7, 11) is 0. The molecule has 52 heavy (non-hydrogen) atoms. The summed E-state index contributed by atoms with van der Waals surface area (Å²) < 4.78 is 0. The Morgan fingerprint density at radius 1 is 0.404 bits per heavy atom. The van der Waals surface area contributed by atoms with Crippen LogP contribution in [0.25, 0.3) is 54.6 Å². The van der Waals surface area contributed by atoms with Crippen molar-refractivity contribution in [2.75, 3.05) is 4.90 Å². The van der Waals surface area contributed by atoms with Crippen LogP contribution in [0, 0.1) is 0 Å². The third-order valence-corrected chi connectivity index (χ3v) is 11.8. The summed E-state index contributed by atoms with van der Waals surface area (Å²) in [6, 6.07) is 68.2. The standard InChI is InChI=1S/C51H35N/c1-2-33-24-27-37(28-25-33)52(36-14-4-3-5-15-36)38-29-26-34-31-45-48(32-35(34)30-38)51(46-22-12-10-18-41(46)42-19-11-13-23-47(42)51)50-44-21-9-7-17-40(44)39-16-6-8-20-43(39)49(45)50/h3-32H,2H2,1H3. The summed E-state index contributed by atoms with van der Waals surface area (Å²) in [6.07, 6.45) is 1.02. The number of nitrogens with zero attached hydrogens (tertiary/aromatic N) is 1. The fourth-order valence-corrected chi connectivity index (χ4v) is 9.59. The molecule has 0 saturated heterocycles. The highest BCUT2D eigenvalue weighted by Crippen LogP contribution is 2.65. The predicted octanol–water partition coefficient (Wildman–Crippen LogP) is 13.5. The van der Waals surface area contributed by atoms with Crippen LogP contribution in [0.3, 0.4) is 0 Å². The van der Waals surface area contributed by atoms with Crippen molar-refractivity contribution in [3.63, 3.8) is 0 Å². The van der Waals surface area contributed by atoms with Gasteiger partial charge in [-0.05, 0) is 137 Å². The molecule has 9 aromatic carbocycles. The Morgan fingerprint density at radius 2 is 0.962 bits per heavy atom. The van der Waals surface area contributed by atoms with Crippen LogP contribution < -0.4 is 4.90 Å². The van der Waals surface area contributed by atoms with Gasteiger partial charge in [-0.2, -0.15) is 0 Å². The van der Waals surface area contributed by atoms with Crippen LogP contribution in [0.4, 0.5) is 17.1 Å². The highest BCUT2D eigenvalue weighted by Gasteiger charge is 2.53. The van der Waals surface area contributed by atoms with Crippen LogP contribution in [0.15, 0.2) is 182 Å². The lowest BCUT2D eigenvalue weighted by molar-refractivity contribution is 0.803. The smallest absolute Gasteiger partial charge is 0.0731 e. The molecule has 2 aliphatic carbocycles. The van der Waals surface area contributed by atoms with Crippen molar-refractivity contribution in [2.24, 2.45) is 0 Å². The average Bonchev–Trinajstić information content (AvgIpc) is 3.68. The molecule has 0 fully saturated rings. The SMILES string of the molecule is CCc1ccc(N(c2ccccc2)c2ccc3cc4c(cc3c2)C2(c3ccccc3-c3ccccc32)c2c-4c3ccccc3c3ccccc23)cc1. The molecule has 0 aromatic heterocycles. The number of anilines is 3. The summed E-state index contributed by atoms with van der Waals surface area (Å²) >= 11 is 0. The molecule has 1 nitrogen and oxygen atoms in total. The second kappa shape index (κ2) is 11.0. The third-order valence-electron chi connectivity index (χ3n) is 11.8. The van der Waals surface area contributed by atoms with E-state index in [0.29, 0.717) is 0 Å². The molecule has 9 aromatic rings. The van der Waals surface area contributed by atoms with Gasteiger partial charge in [-0.15, -0.1) is 0 Å². The number of fused-ring (bicyclic) bond motifs is 16. The molecule has 0 heterocycles. The molecular weight excluding hydrogens is 627 g/mol. The van der Waals surface area contributed by atoms with E-state index in [-0.39, 0.29) is 0 Å². The summed E-state index contributed by atoms with van der Waals surface area (Å²) in [5, 5.41) is 7.75. The minimum atomic E-state index is -0.458. The first-order valence-corrected chi connectivity index (χ1v) is 18.4. The monoisotopic (exact) mass is 661 g/mol. The van der Waals surface area contributed by atoms with Gasteiger partial charge in [-0.25, -0.2) is 0 Å². The maximum absolute atomic E-state index is 2.53. The van der Waals surface area contributed by atoms with E-state index in [1.807, 2.05) is 0 Å². The fourth-order valence-electron chi connectivity index (χ4n) is 9.59. The second-order valence-corrected chi connectivity index (χ2v) is 14.3. The summed E-state index contributed by atoms with van der Waals surface area (Å²) in [5.41, 5.74) is 15.2. The lowest BCUT2D eigenvalue weighted by atomic mass is 9.69. The van der Waals surface area contributed by atoms with E-state index in [9.17, 15) is 0 Å². The van der Waals surface area contributed by atoms with E-state index in [2.05, 4.69) is 194 Å². The predicted molar refractivity (Wildman–Crippen MR) is 219 cm³/mol. The Bertz CT molecular complexity index is 2840. The van der Waals surface area contributed by atoms with Crippen molar-refractivity contribution in [1.29, 1.82) is 0 Å². The quantitative estimate of drug-likeness (QED) is 0.170. The van der Waals surface area contributed by atoms with Gasteiger partial charge in [-0.3, -0.25) is 0 Å². The average molecular weight is 662 g/mol. The molecular formula is C51H35N. The van der Waals surface area contributed by atoms with Gasteiger partial charge in [0, 0.05) is 17.1 Å². The van der Waals surface area contributed by atoms with E-state index < -0.39 is 5.41 Å². The molecule has 0 atom stereocenters. The van der Waals surface area contributed by atoms with Crippen LogP contribution >= 0.6 is 0 Å². The molecule has 0 amide bonds.